The van der Waals surface area contributed by atoms with Crippen molar-refractivity contribution in [2.45, 2.75) is 32.4 Å². The van der Waals surface area contributed by atoms with E-state index in [-0.39, 0.29) is 59.8 Å². The molecule has 8 aromatic rings. The molecule has 0 fully saturated rings. The second-order valence-corrected chi connectivity index (χ2v) is 16.6. The lowest BCUT2D eigenvalue weighted by atomic mass is 10.2. The number of pyridine rings is 4. The van der Waals surface area contributed by atoms with E-state index in [1.807, 2.05) is 12.1 Å². The van der Waals surface area contributed by atoms with Crippen molar-refractivity contribution >= 4 is 89.3 Å². The van der Waals surface area contributed by atoms with E-state index >= 15 is 0 Å². The molecular weight excluding hydrogens is 947 g/mol. The summed E-state index contributed by atoms with van der Waals surface area (Å²) in [5.74, 6) is -0.295. The van der Waals surface area contributed by atoms with E-state index in [1.54, 1.807) is 71.6 Å². The van der Waals surface area contributed by atoms with Crippen LogP contribution in [0.3, 0.4) is 0 Å². The number of carbonyl (C=O) groups excluding carboxylic acids is 2. The molecule has 8 rings (SSSR count). The number of para-hydroxylation sites is 4. The first-order valence-corrected chi connectivity index (χ1v) is 22.8. The maximum atomic E-state index is 13.8. The normalized spacial score (nSPS) is 10.6. The summed E-state index contributed by atoms with van der Waals surface area (Å²) in [4.78, 5) is 69.4. The highest BCUT2D eigenvalue weighted by Crippen LogP contribution is 2.29. The Bertz CT molecular complexity index is 3100. The van der Waals surface area contributed by atoms with Crippen molar-refractivity contribution in [1.29, 1.82) is 0 Å². The summed E-state index contributed by atoms with van der Waals surface area (Å²) in [6, 6.07) is 21.6. The summed E-state index contributed by atoms with van der Waals surface area (Å²) in [5.41, 5.74) is 7.80. The van der Waals surface area contributed by atoms with Crippen LogP contribution >= 0.6 is 22.7 Å². The van der Waals surface area contributed by atoms with Gasteiger partial charge in [0.2, 0.25) is 11.8 Å². The molecule has 0 bridgehead atoms. The molecule has 0 unspecified atom stereocenters. The van der Waals surface area contributed by atoms with Crippen LogP contribution in [0, 0.1) is 31.9 Å². The Hall–Kier alpha value is -8.32. The van der Waals surface area contributed by atoms with Crippen molar-refractivity contribution in [3.8, 4) is 0 Å². The van der Waals surface area contributed by atoms with Crippen molar-refractivity contribution in [3.63, 3.8) is 0 Å². The number of benzene rings is 2. The quantitative estimate of drug-likeness (QED) is 0.0194. The molecule has 0 aliphatic rings. The number of rotatable bonds is 19. The van der Waals surface area contributed by atoms with E-state index in [0.29, 0.717) is 54.6 Å². The zero-order valence-corrected chi connectivity index (χ0v) is 38.6. The lowest BCUT2D eigenvalue weighted by Gasteiger charge is -2.06. The van der Waals surface area contributed by atoms with Gasteiger partial charge in [0.1, 0.15) is 34.0 Å². The van der Waals surface area contributed by atoms with Gasteiger partial charge in [0.15, 0.2) is 11.6 Å². The van der Waals surface area contributed by atoms with Gasteiger partial charge >= 0.3 is 0 Å². The van der Waals surface area contributed by atoms with Crippen LogP contribution in [-0.4, -0.2) is 71.2 Å². The lowest BCUT2D eigenvalue weighted by molar-refractivity contribution is -0.384. The molecule has 20 nitrogen and oxygen atoms in total. The Kier molecular flexibility index (Phi) is 18.8. The van der Waals surface area contributed by atoms with Gasteiger partial charge in [-0.3, -0.25) is 39.8 Å². The van der Waals surface area contributed by atoms with E-state index in [0.717, 1.165) is 37.4 Å². The summed E-state index contributed by atoms with van der Waals surface area (Å²) in [7, 11) is 0. The summed E-state index contributed by atoms with van der Waals surface area (Å²) >= 11 is 3.14. The second-order valence-electron chi connectivity index (χ2n) is 14.4. The van der Waals surface area contributed by atoms with E-state index in [1.165, 1.54) is 48.7 Å². The van der Waals surface area contributed by atoms with E-state index in [2.05, 4.69) is 63.1 Å². The third kappa shape index (κ3) is 14.6. The number of thiazole rings is 2. The molecule has 2 amide bonds. The predicted octanol–water partition coefficient (Wildman–Crippen LogP) is 7.96. The number of halogens is 2. The summed E-state index contributed by atoms with van der Waals surface area (Å²) < 4.78 is 29.4. The maximum Gasteiger partial charge on any atom is 0.292 e. The Balaban J connectivity index is 0.000000193. The number of hydrogen-bond donors (Lipinski definition) is 6. The molecule has 0 saturated carbocycles. The third-order valence-corrected chi connectivity index (χ3v) is 11.7. The Morgan fingerprint density at radius 3 is 1.64 bits per heavy atom. The molecule has 24 heteroatoms. The van der Waals surface area contributed by atoms with Crippen LogP contribution in [0.2, 0.25) is 0 Å². The third-order valence-electron chi connectivity index (χ3n) is 9.54. The van der Waals surface area contributed by atoms with Crippen LogP contribution < -0.4 is 32.3 Å². The zero-order valence-electron chi connectivity index (χ0n) is 37.0. The minimum Gasteiger partial charge on any atom is -0.362 e. The molecule has 0 atom stereocenters. The van der Waals surface area contributed by atoms with Gasteiger partial charge in [-0.1, -0.05) is 30.8 Å². The van der Waals surface area contributed by atoms with Gasteiger partial charge in [-0.05, 0) is 61.2 Å². The molecule has 2 aromatic carbocycles. The van der Waals surface area contributed by atoms with Crippen molar-refractivity contribution in [1.82, 2.24) is 35.2 Å². The van der Waals surface area contributed by atoms with Crippen molar-refractivity contribution < 1.29 is 28.2 Å². The van der Waals surface area contributed by atoms with Gasteiger partial charge in [-0.25, -0.2) is 28.7 Å². The Morgan fingerprint density at radius 1 is 0.657 bits per heavy atom. The van der Waals surface area contributed by atoms with Crippen LogP contribution in [0.4, 0.5) is 43.2 Å². The van der Waals surface area contributed by atoms with E-state index < -0.39 is 15.8 Å². The highest BCUT2D eigenvalue weighted by molar-refractivity contribution is 7.19. The van der Waals surface area contributed by atoms with Crippen LogP contribution in [-0.2, 0) is 35.5 Å². The fourth-order valence-electron chi connectivity index (χ4n) is 6.23. The second kappa shape index (κ2) is 25.7. The molecule has 360 valence electrons. The van der Waals surface area contributed by atoms with Gasteiger partial charge in [-0.15, -0.1) is 22.7 Å². The summed E-state index contributed by atoms with van der Waals surface area (Å²) in [6.45, 7) is 5.30. The molecule has 6 heterocycles. The zero-order chi connectivity index (χ0) is 49.8. The molecule has 0 aliphatic carbocycles. The van der Waals surface area contributed by atoms with Gasteiger partial charge in [0.25, 0.3) is 11.4 Å². The van der Waals surface area contributed by atoms with Gasteiger partial charge in [0.05, 0.1) is 53.7 Å². The number of nitrogens with zero attached hydrogens (tertiary/aromatic N) is 8. The molecule has 0 radical (unpaired) electrons. The van der Waals surface area contributed by atoms with Gasteiger partial charge in [-0.2, -0.15) is 0 Å². The molecule has 0 aliphatic heterocycles. The highest BCUT2D eigenvalue weighted by atomic mass is 32.1. The molecule has 0 saturated heterocycles. The number of fused-ring (bicyclic) bond motifs is 2. The molecule has 70 heavy (non-hydrogen) atoms. The topological polar surface area (TPSA) is 284 Å². The first kappa shape index (κ1) is 51.1. The average molecular weight is 991 g/mol. The number of nitrogens with two attached hydrogens (primary N) is 1. The van der Waals surface area contributed by atoms with Crippen LogP contribution in [0.25, 0.3) is 20.4 Å². The van der Waals surface area contributed by atoms with Gasteiger partial charge in [0, 0.05) is 69.3 Å². The minimum atomic E-state index is -0.557. The number of hydrogen-bond acceptors (Lipinski definition) is 18. The fourth-order valence-corrected chi connectivity index (χ4v) is 8.17. The van der Waals surface area contributed by atoms with Gasteiger partial charge < -0.3 is 32.3 Å². The molecule has 7 N–H and O–H groups in total. The van der Waals surface area contributed by atoms with Crippen LogP contribution in [0.5, 0.6) is 0 Å². The standard InChI is InChI=1S/C23H22FN7O3S.C14H14FN5S.C9H8N2O3/c24-15-4-3-10-26-17(15)14-28-23-22-19(7-13-27-23)35-21(30-22)9-12-25-11-8-20(32)29-16-5-1-2-6-18(16)31(33)34;15-9-2-1-6-17-10(9)8-19-14-13-11(4-7-18-14)21-12(20-13)3-5-16;1-2-9(12)10-7-5-3-4-6-8(7)11(13)14/h1-7,10,13,25H,8-9,11-12,14H2,(H,27,28)(H,29,32);1-2,4,6-7H,3,5,8,16H2,(H,18,19);2-6H,1H2,(H,10,12). The molecule has 0 spiro atoms. The Labute approximate surface area is 405 Å². The summed E-state index contributed by atoms with van der Waals surface area (Å²) in [6.07, 6.45) is 9.12. The monoisotopic (exact) mass is 990 g/mol. The number of nitro groups is 2. The lowest BCUT2D eigenvalue weighted by Crippen LogP contribution is -2.23. The average Bonchev–Trinajstić information content (AvgIpc) is 3.98. The van der Waals surface area contributed by atoms with Crippen molar-refractivity contribution in [3.05, 3.63) is 176 Å². The van der Waals surface area contributed by atoms with Crippen LogP contribution in [0.1, 0.15) is 27.8 Å². The minimum absolute atomic E-state index is 0.136. The molecular formula is C46H44F2N14O6S2. The van der Waals surface area contributed by atoms with Crippen molar-refractivity contribution in [2.24, 2.45) is 5.73 Å². The molecule has 6 aromatic heterocycles. The number of aromatic nitrogens is 6. The van der Waals surface area contributed by atoms with Crippen LogP contribution in [0.15, 0.2) is 122 Å². The Morgan fingerprint density at radius 2 is 1.16 bits per heavy atom. The number of nitrogens with one attached hydrogen (secondary N) is 5. The summed E-state index contributed by atoms with van der Waals surface area (Å²) in [5, 5.41) is 37.8. The smallest absolute Gasteiger partial charge is 0.292 e. The maximum absolute atomic E-state index is 13.8. The van der Waals surface area contributed by atoms with Crippen molar-refractivity contribution in [2.75, 3.05) is 40.9 Å². The largest absolute Gasteiger partial charge is 0.362 e. The number of amides is 2. The number of carbonyl (C=O) groups is 2. The van der Waals surface area contributed by atoms with E-state index in [9.17, 15) is 38.6 Å². The highest BCUT2D eigenvalue weighted by Gasteiger charge is 2.16. The fraction of sp³-hybridized carbons (Fsp3) is 0.174. The first-order chi connectivity index (χ1) is 33.9. The van der Waals surface area contributed by atoms with E-state index in [4.69, 9.17) is 5.73 Å². The number of anilines is 4. The first-order valence-electron chi connectivity index (χ1n) is 21.2. The number of nitro benzene ring substituents is 2. The predicted molar refractivity (Wildman–Crippen MR) is 265 cm³/mol. The SMILES string of the molecule is C=CC(=O)Nc1ccccc1[N+](=O)[O-].NCCc1nc2c(NCc3ncccc3F)nccc2s1.O=C(CCNCCc1nc2c(NCc3ncccc3F)nccc2s1)Nc1ccccc1[N+](=O)[O-].